The highest BCUT2D eigenvalue weighted by Crippen LogP contribution is 2.02. The molecule has 0 aliphatic rings. The van der Waals surface area contributed by atoms with Crippen LogP contribution in [0, 0.1) is 0 Å². The number of alkyl carbamates (subject to hydrolysis) is 1. The van der Waals surface area contributed by atoms with E-state index in [9.17, 15) is 14.4 Å². The van der Waals surface area contributed by atoms with E-state index in [0.29, 0.717) is 0 Å². The van der Waals surface area contributed by atoms with Crippen LogP contribution in [0.5, 0.6) is 0 Å². The van der Waals surface area contributed by atoms with E-state index in [2.05, 4.69) is 5.32 Å². The summed E-state index contributed by atoms with van der Waals surface area (Å²) in [6, 6.07) is 18.4. The highest BCUT2D eigenvalue weighted by atomic mass is 16.5. The van der Waals surface area contributed by atoms with E-state index in [1.807, 2.05) is 60.7 Å². The summed E-state index contributed by atoms with van der Waals surface area (Å²) >= 11 is 0. The topological polar surface area (TPSA) is 84.9 Å². The largest absolute Gasteiger partial charge is 0.459 e. The van der Waals surface area contributed by atoms with Gasteiger partial charge in [-0.25, -0.2) is 4.79 Å². The van der Waals surface area contributed by atoms with Gasteiger partial charge in [-0.05, 0) is 11.1 Å². The fourth-order valence-corrected chi connectivity index (χ4v) is 2.12. The van der Waals surface area contributed by atoms with Crippen LogP contribution in [0.2, 0.25) is 0 Å². The van der Waals surface area contributed by atoms with Gasteiger partial charge in [-0.2, -0.15) is 0 Å². The second-order valence-electron chi connectivity index (χ2n) is 5.81. The van der Waals surface area contributed by atoms with Crippen LogP contribution in [-0.2, 0) is 32.3 Å². The first-order valence-corrected chi connectivity index (χ1v) is 8.42. The van der Waals surface area contributed by atoms with Crippen LogP contribution in [0.3, 0.4) is 0 Å². The lowest BCUT2D eigenvalue weighted by Gasteiger charge is -2.16. The third-order valence-corrected chi connectivity index (χ3v) is 3.63. The number of hydrogen-bond donors (Lipinski definition) is 1. The quantitative estimate of drug-likeness (QED) is 0.720. The molecule has 0 saturated heterocycles. The molecule has 142 valence electrons. The molecule has 2 amide bonds. The van der Waals surface area contributed by atoms with E-state index >= 15 is 0 Å². The molecule has 0 atom stereocenters. The summed E-state index contributed by atoms with van der Waals surface area (Å²) in [4.78, 5) is 36.6. The Morgan fingerprint density at radius 1 is 0.852 bits per heavy atom. The zero-order chi connectivity index (χ0) is 19.5. The monoisotopic (exact) mass is 370 g/mol. The van der Waals surface area contributed by atoms with Crippen LogP contribution >= 0.6 is 0 Å². The summed E-state index contributed by atoms with van der Waals surface area (Å²) in [5, 5.41) is 2.36. The van der Waals surface area contributed by atoms with Gasteiger partial charge >= 0.3 is 12.1 Å². The number of nitrogens with one attached hydrogen (secondary N) is 1. The molecule has 7 nitrogen and oxygen atoms in total. The number of amides is 2. The van der Waals surface area contributed by atoms with E-state index in [1.54, 1.807) is 0 Å². The van der Waals surface area contributed by atoms with E-state index in [0.717, 1.165) is 11.1 Å². The predicted octanol–water partition coefficient (Wildman–Crippen LogP) is 2.11. The van der Waals surface area contributed by atoms with E-state index < -0.39 is 18.0 Å². The lowest BCUT2D eigenvalue weighted by atomic mass is 10.2. The number of ether oxygens (including phenoxy) is 2. The highest BCUT2D eigenvalue weighted by molar-refractivity contribution is 5.85. The van der Waals surface area contributed by atoms with Gasteiger partial charge in [0.15, 0.2) is 0 Å². The normalized spacial score (nSPS) is 9.96. The Morgan fingerprint density at radius 3 is 1.93 bits per heavy atom. The number of likely N-dealkylation sites (N-methyl/N-ethyl adjacent to an activating group) is 1. The molecule has 2 aromatic carbocycles. The third-order valence-electron chi connectivity index (χ3n) is 3.63. The molecule has 2 rings (SSSR count). The first-order chi connectivity index (χ1) is 13.0. The Labute approximate surface area is 157 Å². The van der Waals surface area contributed by atoms with E-state index in [4.69, 9.17) is 9.47 Å². The summed E-state index contributed by atoms with van der Waals surface area (Å²) in [5.74, 6) is -0.954. The smallest absolute Gasteiger partial charge is 0.407 e. The number of carbonyl (C=O) groups excluding carboxylic acids is 3. The zero-order valence-corrected chi connectivity index (χ0v) is 15.1. The fraction of sp³-hybridized carbons (Fsp3) is 0.250. The van der Waals surface area contributed by atoms with Crippen molar-refractivity contribution in [1.82, 2.24) is 10.2 Å². The molecule has 1 N–H and O–H groups in total. The average Bonchev–Trinajstić information content (AvgIpc) is 2.70. The Hall–Kier alpha value is -3.35. The number of nitrogens with zero attached hydrogens (tertiary/aromatic N) is 1. The van der Waals surface area contributed by atoms with Gasteiger partial charge in [0.25, 0.3) is 0 Å². The van der Waals surface area contributed by atoms with Crippen molar-refractivity contribution >= 4 is 18.0 Å². The molecular formula is C20H22N2O5. The molecule has 0 bridgehead atoms. The van der Waals surface area contributed by atoms with Gasteiger partial charge in [0, 0.05) is 7.05 Å². The standard InChI is InChI=1S/C20H22N2O5/c1-22(13-19(24)26-14-16-8-4-2-5-9-16)18(23)12-21-20(25)27-15-17-10-6-3-7-11-17/h2-11H,12-15H2,1H3,(H,21,25). The zero-order valence-electron chi connectivity index (χ0n) is 15.1. The van der Waals surface area contributed by atoms with Crippen molar-refractivity contribution in [1.29, 1.82) is 0 Å². The van der Waals surface area contributed by atoms with Crippen LogP contribution in [0.4, 0.5) is 4.79 Å². The molecule has 0 aliphatic heterocycles. The van der Waals surface area contributed by atoms with Crippen LogP contribution in [0.15, 0.2) is 60.7 Å². The van der Waals surface area contributed by atoms with Crippen molar-refractivity contribution in [3.63, 3.8) is 0 Å². The summed E-state index contributed by atoms with van der Waals surface area (Å²) in [7, 11) is 1.46. The van der Waals surface area contributed by atoms with Crippen molar-refractivity contribution in [2.24, 2.45) is 0 Å². The summed E-state index contributed by atoms with van der Waals surface area (Å²) in [5.41, 5.74) is 1.71. The summed E-state index contributed by atoms with van der Waals surface area (Å²) < 4.78 is 10.1. The number of hydrogen-bond acceptors (Lipinski definition) is 5. The van der Waals surface area contributed by atoms with Crippen LogP contribution in [-0.4, -0.2) is 43.0 Å². The van der Waals surface area contributed by atoms with Gasteiger partial charge in [0.05, 0.1) is 0 Å². The molecule has 0 spiro atoms. The Kier molecular flexibility index (Phi) is 7.84. The average molecular weight is 370 g/mol. The minimum absolute atomic E-state index is 0.114. The first-order valence-electron chi connectivity index (χ1n) is 8.42. The second kappa shape index (κ2) is 10.6. The third kappa shape index (κ3) is 7.60. The lowest BCUT2D eigenvalue weighted by molar-refractivity contribution is -0.149. The van der Waals surface area contributed by atoms with Crippen LogP contribution < -0.4 is 5.32 Å². The number of rotatable bonds is 8. The van der Waals surface area contributed by atoms with Crippen LogP contribution in [0.25, 0.3) is 0 Å². The minimum Gasteiger partial charge on any atom is -0.459 e. The SMILES string of the molecule is CN(CC(=O)OCc1ccccc1)C(=O)CNC(=O)OCc1ccccc1. The van der Waals surface area contributed by atoms with Gasteiger partial charge in [0.1, 0.15) is 26.3 Å². The van der Waals surface area contributed by atoms with Crippen molar-refractivity contribution < 1.29 is 23.9 Å². The molecule has 0 heterocycles. The van der Waals surface area contributed by atoms with Gasteiger partial charge in [-0.15, -0.1) is 0 Å². The molecule has 0 fully saturated rings. The summed E-state index contributed by atoms with van der Waals surface area (Å²) in [6.07, 6.45) is -0.702. The molecule has 0 aliphatic carbocycles. The second-order valence-corrected chi connectivity index (χ2v) is 5.81. The maximum atomic E-state index is 12.0. The number of benzene rings is 2. The molecule has 0 saturated carbocycles. The molecule has 2 aromatic rings. The Morgan fingerprint density at radius 2 is 1.37 bits per heavy atom. The minimum atomic E-state index is -0.702. The fourth-order valence-electron chi connectivity index (χ4n) is 2.12. The molecule has 0 aromatic heterocycles. The highest BCUT2D eigenvalue weighted by Gasteiger charge is 2.15. The first kappa shape index (κ1) is 20.0. The number of esters is 1. The Balaban J connectivity index is 1.64. The van der Waals surface area contributed by atoms with Gasteiger partial charge in [0.2, 0.25) is 5.91 Å². The summed E-state index contributed by atoms with van der Waals surface area (Å²) in [6.45, 7) is -0.212. The van der Waals surface area contributed by atoms with Crippen LogP contribution in [0.1, 0.15) is 11.1 Å². The molecular weight excluding hydrogens is 348 g/mol. The van der Waals surface area contributed by atoms with Gasteiger partial charge in [-0.3, -0.25) is 9.59 Å². The maximum Gasteiger partial charge on any atom is 0.407 e. The van der Waals surface area contributed by atoms with Crippen molar-refractivity contribution in [2.75, 3.05) is 20.1 Å². The van der Waals surface area contributed by atoms with Crippen molar-refractivity contribution in [3.8, 4) is 0 Å². The van der Waals surface area contributed by atoms with E-state index in [-0.39, 0.29) is 26.3 Å². The number of carbonyl (C=O) groups is 3. The van der Waals surface area contributed by atoms with Gasteiger partial charge < -0.3 is 19.7 Å². The Bertz CT molecular complexity index is 749. The van der Waals surface area contributed by atoms with Gasteiger partial charge in [-0.1, -0.05) is 60.7 Å². The molecule has 0 unspecified atom stereocenters. The predicted molar refractivity (Wildman–Crippen MR) is 98.5 cm³/mol. The maximum absolute atomic E-state index is 12.0. The van der Waals surface area contributed by atoms with Crippen molar-refractivity contribution in [3.05, 3.63) is 71.8 Å². The lowest BCUT2D eigenvalue weighted by Crippen LogP contribution is -2.40. The van der Waals surface area contributed by atoms with E-state index in [1.165, 1.54) is 11.9 Å². The molecule has 27 heavy (non-hydrogen) atoms. The van der Waals surface area contributed by atoms with Crippen molar-refractivity contribution in [2.45, 2.75) is 13.2 Å². The molecule has 7 heteroatoms. The molecule has 0 radical (unpaired) electrons.